The molecule has 1 aliphatic heterocycles. The van der Waals surface area contributed by atoms with Crippen LogP contribution in [0, 0.1) is 34.5 Å². The Balaban J connectivity index is 1.53. The fourth-order valence-electron chi connectivity index (χ4n) is 8.33. The summed E-state index contributed by atoms with van der Waals surface area (Å²) in [6.45, 7) is 8.66. The van der Waals surface area contributed by atoms with Crippen molar-refractivity contribution in [1.82, 2.24) is 0 Å². The van der Waals surface area contributed by atoms with Gasteiger partial charge >= 0.3 is 11.9 Å². The molecule has 1 heterocycles. The zero-order valence-corrected chi connectivity index (χ0v) is 20.0. The number of ketones is 2. The van der Waals surface area contributed by atoms with Crippen molar-refractivity contribution in [3.05, 3.63) is 23.2 Å². The number of hydrogen-bond donors (Lipinski definition) is 0. The van der Waals surface area contributed by atoms with Gasteiger partial charge in [0.15, 0.2) is 18.0 Å². The molecule has 7 nitrogen and oxygen atoms in total. The van der Waals surface area contributed by atoms with Gasteiger partial charge < -0.3 is 14.2 Å². The van der Waals surface area contributed by atoms with Crippen LogP contribution in [-0.2, 0) is 33.4 Å². The second-order valence-corrected chi connectivity index (χ2v) is 11.1. The molecule has 0 unspecified atom stereocenters. The number of carbonyl (C=O) groups is 4. The molecule has 7 atom stereocenters. The Bertz CT molecular complexity index is 1040. The summed E-state index contributed by atoms with van der Waals surface area (Å²) < 4.78 is 16.7. The summed E-state index contributed by atoms with van der Waals surface area (Å²) >= 11 is 0. The van der Waals surface area contributed by atoms with Gasteiger partial charge in [-0.05, 0) is 68.8 Å². The van der Waals surface area contributed by atoms with Gasteiger partial charge in [0.2, 0.25) is 17.3 Å². The fourth-order valence-corrected chi connectivity index (χ4v) is 8.33. The highest BCUT2D eigenvalue weighted by molar-refractivity contribution is 6.07. The van der Waals surface area contributed by atoms with Gasteiger partial charge in [-0.25, -0.2) is 0 Å². The molecule has 0 spiro atoms. The van der Waals surface area contributed by atoms with Gasteiger partial charge in [0.05, 0.1) is 5.41 Å². The number of Topliss-reactive ketones (excluding diaryl/α,β-unsaturated/α-hetero) is 1. The van der Waals surface area contributed by atoms with Crippen molar-refractivity contribution in [2.24, 2.45) is 34.5 Å². The summed E-state index contributed by atoms with van der Waals surface area (Å²) in [5, 5.41) is 0. The van der Waals surface area contributed by atoms with E-state index in [1.54, 1.807) is 6.08 Å². The Hall–Kier alpha value is -2.44. The van der Waals surface area contributed by atoms with Gasteiger partial charge in [-0.1, -0.05) is 19.4 Å². The largest absolute Gasteiger partial charge is 0.458 e. The Morgan fingerprint density at radius 2 is 1.88 bits per heavy atom. The van der Waals surface area contributed by atoms with Crippen LogP contribution in [0.5, 0.6) is 0 Å². The predicted octanol–water partition coefficient (Wildman–Crippen LogP) is 3.66. The lowest BCUT2D eigenvalue weighted by molar-refractivity contribution is -0.190. The highest BCUT2D eigenvalue weighted by Crippen LogP contribution is 2.71. The van der Waals surface area contributed by atoms with E-state index in [1.807, 2.05) is 0 Å². The first-order valence-electron chi connectivity index (χ1n) is 12.0. The third-order valence-electron chi connectivity index (χ3n) is 9.53. The number of carbonyl (C=O) groups excluding carboxylic acids is 4. The van der Waals surface area contributed by atoms with Crippen LogP contribution in [0.3, 0.4) is 0 Å². The average molecular weight is 457 g/mol. The molecule has 0 aromatic rings. The van der Waals surface area contributed by atoms with Crippen LogP contribution in [0.25, 0.3) is 0 Å². The third kappa shape index (κ3) is 2.86. The van der Waals surface area contributed by atoms with E-state index >= 15 is 0 Å². The lowest BCUT2D eigenvalue weighted by Gasteiger charge is -2.58. The molecule has 33 heavy (non-hydrogen) atoms. The molecule has 0 aromatic carbocycles. The first-order valence-corrected chi connectivity index (χ1v) is 12.0. The van der Waals surface area contributed by atoms with Gasteiger partial charge in [0, 0.05) is 19.3 Å². The molecule has 4 aliphatic carbocycles. The SMILES string of the molecule is CC(=O)OCC(=O)[C@@]1(OC(C)=O)C[C@H](C)[C@H]2[C@@H]3CCC4=CC(=O)C5=C(O5)[C@]4(C)[C@H]3CC[C@@]21C. The Morgan fingerprint density at radius 1 is 1.15 bits per heavy atom. The van der Waals surface area contributed by atoms with Crippen LogP contribution in [-0.4, -0.2) is 35.7 Å². The van der Waals surface area contributed by atoms with Gasteiger partial charge in [0.25, 0.3) is 0 Å². The summed E-state index contributed by atoms with van der Waals surface area (Å²) in [6, 6.07) is 0. The maximum Gasteiger partial charge on any atom is 0.303 e. The van der Waals surface area contributed by atoms with Crippen molar-refractivity contribution >= 4 is 23.5 Å². The first-order chi connectivity index (χ1) is 15.5. The maximum atomic E-state index is 13.5. The van der Waals surface area contributed by atoms with Crippen LogP contribution in [0.2, 0.25) is 0 Å². The van der Waals surface area contributed by atoms with Crippen LogP contribution >= 0.6 is 0 Å². The predicted molar refractivity (Wildman–Crippen MR) is 116 cm³/mol. The third-order valence-corrected chi connectivity index (χ3v) is 9.53. The number of rotatable bonds is 4. The standard InChI is InChI=1S/C26H32O7/c1-13-11-26(33-15(3)28,20(30)12-31-14(2)27)24(4)9-8-18-17(21(13)24)7-6-16-10-19(29)22-23(32-22)25(16,18)5/h10,13,17-18,21H,6-9,11-12H2,1-5H3/t13-,17+,18-,21-,24-,25-,26-/m0/s1. The highest BCUT2D eigenvalue weighted by Gasteiger charge is 2.72. The van der Waals surface area contributed by atoms with E-state index < -0.39 is 23.0 Å². The van der Waals surface area contributed by atoms with Crippen molar-refractivity contribution in [3.8, 4) is 0 Å². The molecular formula is C26H32O7. The van der Waals surface area contributed by atoms with Gasteiger partial charge in [-0.15, -0.1) is 0 Å². The minimum atomic E-state index is -1.30. The first kappa shape index (κ1) is 22.4. The molecule has 0 aromatic heterocycles. The zero-order valence-electron chi connectivity index (χ0n) is 20.0. The molecule has 7 heteroatoms. The maximum absolute atomic E-state index is 13.5. The minimum Gasteiger partial charge on any atom is -0.458 e. The molecule has 0 saturated heterocycles. The summed E-state index contributed by atoms with van der Waals surface area (Å²) in [6.07, 6.45) is 5.52. The van der Waals surface area contributed by atoms with Crippen molar-refractivity contribution < 1.29 is 33.4 Å². The highest BCUT2D eigenvalue weighted by atomic mass is 16.6. The second kappa shape index (κ2) is 7.03. The van der Waals surface area contributed by atoms with Crippen LogP contribution in [0.15, 0.2) is 23.2 Å². The smallest absolute Gasteiger partial charge is 0.303 e. The van der Waals surface area contributed by atoms with Gasteiger partial charge in [0.1, 0.15) is 0 Å². The van der Waals surface area contributed by atoms with E-state index in [-0.39, 0.29) is 35.4 Å². The molecule has 0 N–H and O–H groups in total. The number of hydrogen-bond acceptors (Lipinski definition) is 7. The van der Waals surface area contributed by atoms with E-state index in [9.17, 15) is 19.2 Å². The molecule has 0 bridgehead atoms. The van der Waals surface area contributed by atoms with E-state index in [1.165, 1.54) is 13.8 Å². The normalized spacial score (nSPS) is 42.7. The molecule has 0 amide bonds. The summed E-state index contributed by atoms with van der Waals surface area (Å²) in [4.78, 5) is 49.4. The molecule has 5 rings (SSSR count). The Labute approximate surface area is 193 Å². The molecule has 0 radical (unpaired) electrons. The number of allylic oxidation sites excluding steroid dienone is 2. The van der Waals surface area contributed by atoms with Crippen LogP contribution in [0.1, 0.15) is 66.7 Å². The number of fused-ring (bicyclic) bond motifs is 6. The second-order valence-electron chi connectivity index (χ2n) is 11.1. The summed E-state index contributed by atoms with van der Waals surface area (Å²) in [7, 11) is 0. The van der Waals surface area contributed by atoms with E-state index in [4.69, 9.17) is 14.2 Å². The van der Waals surface area contributed by atoms with E-state index in [2.05, 4.69) is 20.8 Å². The van der Waals surface area contributed by atoms with Gasteiger partial charge in [-0.3, -0.25) is 19.2 Å². The van der Waals surface area contributed by atoms with Crippen molar-refractivity contribution in [1.29, 1.82) is 0 Å². The molecular weight excluding hydrogens is 424 g/mol. The monoisotopic (exact) mass is 456 g/mol. The summed E-state index contributed by atoms with van der Waals surface area (Å²) in [5.74, 6) is 0.910. The average Bonchev–Trinajstić information content (AvgIpc) is 3.50. The molecule has 178 valence electrons. The van der Waals surface area contributed by atoms with Crippen molar-refractivity contribution in [3.63, 3.8) is 0 Å². The lowest BCUT2D eigenvalue weighted by atomic mass is 9.46. The lowest BCUT2D eigenvalue weighted by Crippen LogP contribution is -2.60. The van der Waals surface area contributed by atoms with Crippen molar-refractivity contribution in [2.45, 2.75) is 72.3 Å². The topological polar surface area (TPSA) is 99.3 Å². The number of ether oxygens (including phenoxy) is 3. The van der Waals surface area contributed by atoms with Crippen molar-refractivity contribution in [2.75, 3.05) is 6.61 Å². The fraction of sp³-hybridized carbons (Fsp3) is 0.692. The number of esters is 2. The van der Waals surface area contributed by atoms with Crippen LogP contribution in [0.4, 0.5) is 0 Å². The van der Waals surface area contributed by atoms with Crippen LogP contribution < -0.4 is 0 Å². The minimum absolute atomic E-state index is 0.0178. The molecule has 3 fully saturated rings. The van der Waals surface area contributed by atoms with E-state index in [0.717, 1.165) is 30.6 Å². The summed E-state index contributed by atoms with van der Waals surface area (Å²) in [5.41, 5.74) is -0.970. The van der Waals surface area contributed by atoms with Gasteiger partial charge in [-0.2, -0.15) is 0 Å². The van der Waals surface area contributed by atoms with E-state index in [0.29, 0.717) is 30.4 Å². The quantitative estimate of drug-likeness (QED) is 0.595. The zero-order chi connectivity index (χ0) is 23.9. The molecule has 3 saturated carbocycles. The Morgan fingerprint density at radius 3 is 2.55 bits per heavy atom. The molecule has 5 aliphatic rings. The Kier molecular flexibility index (Phi) is 4.76.